The van der Waals surface area contributed by atoms with Gasteiger partial charge in [0.1, 0.15) is 6.04 Å². The number of anilines is 1. The molecular formula is C15H20N2O4. The van der Waals surface area contributed by atoms with Gasteiger partial charge in [-0.1, -0.05) is 6.07 Å². The predicted octanol–water partition coefficient (Wildman–Crippen LogP) is 1.03. The van der Waals surface area contributed by atoms with Crippen molar-refractivity contribution in [3.05, 3.63) is 29.3 Å². The number of nitrogens with one attached hydrogen (secondary N) is 1. The lowest BCUT2D eigenvalue weighted by atomic mass is 10.1. The maximum Gasteiger partial charge on any atom is 0.337 e. The van der Waals surface area contributed by atoms with Gasteiger partial charge in [-0.15, -0.1) is 0 Å². The standard InChI is InChI=1S/C15H20N2O4/c1-3-16-14(18)13-9-21-7-6-17(13)12-8-10(2)4-5-11(12)15(19)20/h4-5,8,13H,3,6-7,9H2,1-2H3,(H,16,18)(H,19,20). The van der Waals surface area contributed by atoms with Crippen molar-refractivity contribution in [2.45, 2.75) is 19.9 Å². The molecule has 6 heteroatoms. The predicted molar refractivity (Wildman–Crippen MR) is 78.8 cm³/mol. The Bertz CT molecular complexity index is 544. The molecule has 1 aliphatic rings. The van der Waals surface area contributed by atoms with E-state index in [-0.39, 0.29) is 18.1 Å². The fourth-order valence-corrected chi connectivity index (χ4v) is 2.46. The minimum Gasteiger partial charge on any atom is -0.478 e. The van der Waals surface area contributed by atoms with Gasteiger partial charge in [-0.3, -0.25) is 4.79 Å². The second-order valence-electron chi connectivity index (χ2n) is 5.00. The van der Waals surface area contributed by atoms with Gasteiger partial charge >= 0.3 is 5.97 Å². The third-order valence-corrected chi connectivity index (χ3v) is 3.48. The smallest absolute Gasteiger partial charge is 0.337 e. The van der Waals surface area contributed by atoms with Gasteiger partial charge < -0.3 is 20.1 Å². The van der Waals surface area contributed by atoms with Crippen LogP contribution in [0.4, 0.5) is 5.69 Å². The number of morpholine rings is 1. The van der Waals surface area contributed by atoms with Gasteiger partial charge in [0.2, 0.25) is 5.91 Å². The molecule has 0 radical (unpaired) electrons. The summed E-state index contributed by atoms with van der Waals surface area (Å²) in [5, 5.41) is 12.1. The first kappa shape index (κ1) is 15.3. The lowest BCUT2D eigenvalue weighted by Crippen LogP contribution is -2.54. The van der Waals surface area contributed by atoms with Crippen LogP contribution in [0.1, 0.15) is 22.8 Å². The van der Waals surface area contributed by atoms with E-state index in [1.54, 1.807) is 18.2 Å². The molecule has 0 aliphatic carbocycles. The molecule has 1 amide bonds. The molecule has 6 nitrogen and oxygen atoms in total. The fourth-order valence-electron chi connectivity index (χ4n) is 2.46. The van der Waals surface area contributed by atoms with E-state index in [9.17, 15) is 14.7 Å². The number of carboxylic acid groups (broad SMARTS) is 1. The second kappa shape index (κ2) is 6.58. The van der Waals surface area contributed by atoms with E-state index >= 15 is 0 Å². The van der Waals surface area contributed by atoms with Crippen molar-refractivity contribution in [1.29, 1.82) is 0 Å². The van der Waals surface area contributed by atoms with E-state index in [4.69, 9.17) is 4.74 Å². The molecule has 1 unspecified atom stereocenters. The number of carboxylic acids is 1. The zero-order valence-corrected chi connectivity index (χ0v) is 12.3. The highest BCUT2D eigenvalue weighted by Crippen LogP contribution is 2.26. The minimum absolute atomic E-state index is 0.143. The van der Waals surface area contributed by atoms with Gasteiger partial charge in [-0.2, -0.15) is 0 Å². The van der Waals surface area contributed by atoms with Crippen molar-refractivity contribution in [1.82, 2.24) is 5.32 Å². The first-order chi connectivity index (χ1) is 10.0. The normalized spacial score (nSPS) is 18.4. The van der Waals surface area contributed by atoms with Gasteiger partial charge in [-0.25, -0.2) is 4.79 Å². The number of benzene rings is 1. The number of aryl methyl sites for hydroxylation is 1. The topological polar surface area (TPSA) is 78.9 Å². The van der Waals surface area contributed by atoms with Crippen LogP contribution in [0, 0.1) is 6.92 Å². The number of likely N-dealkylation sites (N-methyl/N-ethyl adjacent to an activating group) is 1. The Balaban J connectivity index is 2.39. The highest BCUT2D eigenvalue weighted by molar-refractivity contribution is 5.96. The molecule has 0 spiro atoms. The molecule has 1 aliphatic heterocycles. The summed E-state index contributed by atoms with van der Waals surface area (Å²) in [4.78, 5) is 25.4. The van der Waals surface area contributed by atoms with Gasteiger partial charge in [-0.05, 0) is 31.5 Å². The molecule has 0 aromatic heterocycles. The molecule has 1 aromatic rings. The first-order valence-corrected chi connectivity index (χ1v) is 7.00. The molecule has 0 saturated carbocycles. The van der Waals surface area contributed by atoms with E-state index < -0.39 is 12.0 Å². The largest absolute Gasteiger partial charge is 0.478 e. The average Bonchev–Trinajstić information content (AvgIpc) is 2.47. The number of rotatable bonds is 4. The van der Waals surface area contributed by atoms with Crippen LogP contribution in [0.25, 0.3) is 0 Å². The minimum atomic E-state index is -0.994. The van der Waals surface area contributed by atoms with Crippen LogP contribution in [-0.4, -0.2) is 49.3 Å². The number of hydrogen-bond acceptors (Lipinski definition) is 4. The zero-order chi connectivity index (χ0) is 15.4. The lowest BCUT2D eigenvalue weighted by Gasteiger charge is -2.37. The van der Waals surface area contributed by atoms with E-state index in [1.807, 2.05) is 18.7 Å². The Kier molecular flexibility index (Phi) is 4.80. The summed E-state index contributed by atoms with van der Waals surface area (Å²) < 4.78 is 5.38. The van der Waals surface area contributed by atoms with Crippen molar-refractivity contribution < 1.29 is 19.4 Å². The van der Waals surface area contributed by atoms with Crippen molar-refractivity contribution in [3.63, 3.8) is 0 Å². The number of nitrogens with zero attached hydrogens (tertiary/aromatic N) is 1. The van der Waals surface area contributed by atoms with Crippen molar-refractivity contribution in [2.24, 2.45) is 0 Å². The molecule has 2 rings (SSSR count). The summed E-state index contributed by atoms with van der Waals surface area (Å²) in [5.41, 5.74) is 1.73. The summed E-state index contributed by atoms with van der Waals surface area (Å²) in [6, 6.07) is 4.64. The Morgan fingerprint density at radius 1 is 1.48 bits per heavy atom. The number of hydrogen-bond donors (Lipinski definition) is 2. The Morgan fingerprint density at radius 3 is 2.90 bits per heavy atom. The molecule has 1 heterocycles. The van der Waals surface area contributed by atoms with Gasteiger partial charge in [0.25, 0.3) is 0 Å². The highest BCUT2D eigenvalue weighted by Gasteiger charge is 2.31. The molecule has 0 bridgehead atoms. The van der Waals surface area contributed by atoms with Crippen molar-refractivity contribution in [3.8, 4) is 0 Å². The zero-order valence-electron chi connectivity index (χ0n) is 12.3. The fraction of sp³-hybridized carbons (Fsp3) is 0.467. The van der Waals surface area contributed by atoms with Gasteiger partial charge in [0.15, 0.2) is 0 Å². The monoisotopic (exact) mass is 292 g/mol. The maximum atomic E-state index is 12.2. The van der Waals surface area contributed by atoms with E-state index in [0.29, 0.717) is 25.4 Å². The van der Waals surface area contributed by atoms with Crippen molar-refractivity contribution in [2.75, 3.05) is 31.2 Å². The van der Waals surface area contributed by atoms with Crippen LogP contribution in [0.3, 0.4) is 0 Å². The average molecular weight is 292 g/mol. The summed E-state index contributed by atoms with van der Waals surface area (Å²) in [6.45, 7) is 5.51. The van der Waals surface area contributed by atoms with E-state index in [0.717, 1.165) is 5.56 Å². The van der Waals surface area contributed by atoms with Crippen LogP contribution < -0.4 is 10.2 Å². The number of carbonyl (C=O) groups is 2. The quantitative estimate of drug-likeness (QED) is 0.866. The van der Waals surface area contributed by atoms with Crippen LogP contribution in [-0.2, 0) is 9.53 Å². The van der Waals surface area contributed by atoms with Gasteiger partial charge in [0, 0.05) is 13.1 Å². The second-order valence-corrected chi connectivity index (χ2v) is 5.00. The van der Waals surface area contributed by atoms with E-state index in [2.05, 4.69) is 5.32 Å². The summed E-state index contributed by atoms with van der Waals surface area (Å²) in [7, 11) is 0. The Morgan fingerprint density at radius 2 is 2.24 bits per heavy atom. The Hall–Kier alpha value is -2.08. The molecule has 21 heavy (non-hydrogen) atoms. The molecule has 2 N–H and O–H groups in total. The number of carbonyl (C=O) groups excluding carboxylic acids is 1. The molecule has 1 saturated heterocycles. The SMILES string of the molecule is CCNC(=O)C1COCCN1c1cc(C)ccc1C(=O)O. The van der Waals surface area contributed by atoms with Crippen LogP contribution in [0.5, 0.6) is 0 Å². The van der Waals surface area contributed by atoms with Crippen LogP contribution in [0.2, 0.25) is 0 Å². The summed E-state index contributed by atoms with van der Waals surface area (Å²) in [6.07, 6.45) is 0. The molecular weight excluding hydrogens is 272 g/mol. The molecule has 1 fully saturated rings. The van der Waals surface area contributed by atoms with Crippen LogP contribution >= 0.6 is 0 Å². The van der Waals surface area contributed by atoms with Crippen molar-refractivity contribution >= 4 is 17.6 Å². The summed E-state index contributed by atoms with van der Waals surface area (Å²) >= 11 is 0. The number of aromatic carboxylic acids is 1. The third-order valence-electron chi connectivity index (χ3n) is 3.48. The number of ether oxygens (including phenoxy) is 1. The van der Waals surface area contributed by atoms with E-state index in [1.165, 1.54) is 0 Å². The number of amides is 1. The van der Waals surface area contributed by atoms with Gasteiger partial charge in [0.05, 0.1) is 24.5 Å². The van der Waals surface area contributed by atoms with Crippen LogP contribution in [0.15, 0.2) is 18.2 Å². The third kappa shape index (κ3) is 3.33. The molecule has 114 valence electrons. The molecule has 1 aromatic carbocycles. The Labute approximate surface area is 123 Å². The summed E-state index contributed by atoms with van der Waals surface area (Å²) in [5.74, 6) is -1.14. The maximum absolute atomic E-state index is 12.2. The first-order valence-electron chi connectivity index (χ1n) is 7.00. The lowest BCUT2D eigenvalue weighted by molar-refractivity contribution is -0.124. The highest BCUT2D eigenvalue weighted by atomic mass is 16.5. The molecule has 1 atom stereocenters.